The number of phenolic OH excluding ortho intramolecular Hbond substituents is 1. The molecule has 2 N–H and O–H groups in total. The second-order valence-corrected chi connectivity index (χ2v) is 4.45. The van der Waals surface area contributed by atoms with Gasteiger partial charge in [-0.25, -0.2) is 0 Å². The zero-order valence-corrected chi connectivity index (χ0v) is 11.6. The summed E-state index contributed by atoms with van der Waals surface area (Å²) in [5.74, 6) is -1.17. The maximum absolute atomic E-state index is 11.8. The van der Waals surface area contributed by atoms with E-state index in [1.54, 1.807) is 0 Å². The number of nitrogens with zero attached hydrogens (tertiary/aromatic N) is 4. The molecule has 1 heterocycles. The van der Waals surface area contributed by atoms with E-state index in [9.17, 15) is 30.1 Å². The Hall–Kier alpha value is -3.50. The van der Waals surface area contributed by atoms with E-state index in [0.717, 1.165) is 18.2 Å². The van der Waals surface area contributed by atoms with Crippen LogP contribution in [0.5, 0.6) is 5.75 Å². The third kappa shape index (κ3) is 4.00. The maximum Gasteiger partial charge on any atom is 0.389 e. The van der Waals surface area contributed by atoms with Crippen LogP contribution < -0.4 is 5.32 Å². The summed E-state index contributed by atoms with van der Waals surface area (Å²) in [6.07, 6.45) is 1.28. The van der Waals surface area contributed by atoms with E-state index in [4.69, 9.17) is 0 Å². The first-order chi connectivity index (χ1) is 10.9. The normalized spacial score (nSPS) is 10.3. The first kappa shape index (κ1) is 15.9. The van der Waals surface area contributed by atoms with Gasteiger partial charge in [0.05, 0.1) is 34.5 Å². The van der Waals surface area contributed by atoms with Gasteiger partial charge in [0, 0.05) is 18.6 Å². The quantitative estimate of drug-likeness (QED) is 0.463. The first-order valence-electron chi connectivity index (χ1n) is 6.32. The summed E-state index contributed by atoms with van der Waals surface area (Å²) in [7, 11) is 0. The highest BCUT2D eigenvalue weighted by Gasteiger charge is 2.14. The van der Waals surface area contributed by atoms with Crippen LogP contribution in [0.15, 0.2) is 30.5 Å². The maximum atomic E-state index is 11.8. The Morgan fingerprint density at radius 1 is 1.26 bits per heavy atom. The van der Waals surface area contributed by atoms with Gasteiger partial charge in [0.25, 0.3) is 5.69 Å². The van der Waals surface area contributed by atoms with E-state index in [0.29, 0.717) is 0 Å². The highest BCUT2D eigenvalue weighted by atomic mass is 16.6. The summed E-state index contributed by atoms with van der Waals surface area (Å²) in [6, 6.07) is 4.44. The van der Waals surface area contributed by atoms with E-state index >= 15 is 0 Å². The summed E-state index contributed by atoms with van der Waals surface area (Å²) >= 11 is 0. The number of phenols is 1. The first-order valence-corrected chi connectivity index (χ1v) is 6.32. The van der Waals surface area contributed by atoms with E-state index in [-0.39, 0.29) is 35.9 Å². The number of non-ortho nitro benzene ring substituents is 1. The Kier molecular flexibility index (Phi) is 4.50. The van der Waals surface area contributed by atoms with Crippen LogP contribution in [-0.4, -0.2) is 30.6 Å². The van der Waals surface area contributed by atoms with Gasteiger partial charge in [-0.2, -0.15) is 4.68 Å². The molecule has 0 radical (unpaired) electrons. The topological polar surface area (TPSA) is 153 Å². The SMILES string of the molecule is O=C(CCn1ccc([N+](=O)[O-])n1)Nc1cc([N+](=O)[O-])ccc1O. The molecule has 2 aromatic rings. The van der Waals surface area contributed by atoms with Gasteiger partial charge in [0.2, 0.25) is 5.91 Å². The van der Waals surface area contributed by atoms with Crippen molar-refractivity contribution in [3.63, 3.8) is 0 Å². The summed E-state index contributed by atoms with van der Waals surface area (Å²) in [5, 5.41) is 36.7. The van der Waals surface area contributed by atoms with Crippen molar-refractivity contribution >= 4 is 23.1 Å². The van der Waals surface area contributed by atoms with Gasteiger partial charge in [0.1, 0.15) is 5.75 Å². The van der Waals surface area contributed by atoms with Gasteiger partial charge in [0.15, 0.2) is 0 Å². The van der Waals surface area contributed by atoms with Crippen molar-refractivity contribution in [2.45, 2.75) is 13.0 Å². The average molecular weight is 321 g/mol. The molecule has 0 bridgehead atoms. The summed E-state index contributed by atoms with van der Waals surface area (Å²) in [6.45, 7) is 0.0787. The number of nitro benzene ring substituents is 1. The highest BCUT2D eigenvalue weighted by Crippen LogP contribution is 2.27. The van der Waals surface area contributed by atoms with Crippen LogP contribution in [0.1, 0.15) is 6.42 Å². The van der Waals surface area contributed by atoms with Crippen molar-refractivity contribution in [3.05, 3.63) is 50.7 Å². The fourth-order valence-corrected chi connectivity index (χ4v) is 1.74. The van der Waals surface area contributed by atoms with Gasteiger partial charge in [-0.05, 0) is 11.0 Å². The van der Waals surface area contributed by atoms with Gasteiger partial charge >= 0.3 is 5.82 Å². The number of rotatable bonds is 6. The average Bonchev–Trinajstić information content (AvgIpc) is 2.96. The number of nitro groups is 2. The summed E-state index contributed by atoms with van der Waals surface area (Å²) < 4.78 is 1.23. The molecule has 120 valence electrons. The van der Waals surface area contributed by atoms with Crippen molar-refractivity contribution in [2.24, 2.45) is 0 Å². The zero-order chi connectivity index (χ0) is 17.0. The Morgan fingerprint density at radius 3 is 2.61 bits per heavy atom. The van der Waals surface area contributed by atoms with Crippen molar-refractivity contribution in [3.8, 4) is 5.75 Å². The van der Waals surface area contributed by atoms with Gasteiger partial charge < -0.3 is 20.5 Å². The molecule has 1 amide bonds. The van der Waals surface area contributed by atoms with E-state index in [1.807, 2.05) is 0 Å². The molecule has 0 unspecified atom stereocenters. The third-order valence-electron chi connectivity index (χ3n) is 2.85. The smallest absolute Gasteiger partial charge is 0.389 e. The molecule has 0 atom stereocenters. The summed E-state index contributed by atoms with van der Waals surface area (Å²) in [5.41, 5.74) is -0.364. The number of anilines is 1. The predicted molar refractivity (Wildman–Crippen MR) is 76.9 cm³/mol. The molecule has 1 aromatic heterocycles. The van der Waals surface area contributed by atoms with Crippen LogP contribution in [0, 0.1) is 20.2 Å². The molecule has 0 aliphatic carbocycles. The van der Waals surface area contributed by atoms with Crippen LogP contribution in [0.4, 0.5) is 17.2 Å². The number of aromatic hydroxyl groups is 1. The second kappa shape index (κ2) is 6.51. The fourth-order valence-electron chi connectivity index (χ4n) is 1.74. The lowest BCUT2D eigenvalue weighted by Gasteiger charge is -2.06. The largest absolute Gasteiger partial charge is 0.506 e. The number of carbonyl (C=O) groups excluding carboxylic acids is 1. The molecule has 23 heavy (non-hydrogen) atoms. The number of aromatic nitrogens is 2. The van der Waals surface area contributed by atoms with Crippen LogP contribution in [-0.2, 0) is 11.3 Å². The lowest BCUT2D eigenvalue weighted by Crippen LogP contribution is -2.15. The molecule has 0 saturated carbocycles. The number of nitrogens with one attached hydrogen (secondary N) is 1. The molecule has 0 saturated heterocycles. The number of hydrogen-bond donors (Lipinski definition) is 2. The Morgan fingerprint density at radius 2 is 2.00 bits per heavy atom. The van der Waals surface area contributed by atoms with Crippen molar-refractivity contribution < 1.29 is 19.7 Å². The fraction of sp³-hybridized carbons (Fsp3) is 0.167. The minimum absolute atomic E-state index is 0.0787. The molecule has 0 fully saturated rings. The van der Waals surface area contributed by atoms with E-state index in [2.05, 4.69) is 10.4 Å². The number of benzene rings is 1. The minimum atomic E-state index is -0.655. The molecule has 1 aromatic carbocycles. The predicted octanol–water partition coefficient (Wildman–Crippen LogP) is 1.43. The standard InChI is InChI=1S/C12H11N5O6/c18-10-2-1-8(16(20)21)7-9(10)13-12(19)4-6-15-5-3-11(14-15)17(22)23/h1-3,5,7,18H,4,6H2,(H,13,19). The molecule has 0 aliphatic heterocycles. The van der Waals surface area contributed by atoms with E-state index in [1.165, 1.54) is 16.9 Å². The molecule has 0 spiro atoms. The van der Waals surface area contributed by atoms with Crippen molar-refractivity contribution in [1.82, 2.24) is 9.78 Å². The molecule has 0 aliphatic rings. The molecular formula is C12H11N5O6. The lowest BCUT2D eigenvalue weighted by molar-refractivity contribution is -0.389. The van der Waals surface area contributed by atoms with Crippen molar-refractivity contribution in [2.75, 3.05) is 5.32 Å². The van der Waals surface area contributed by atoms with Crippen molar-refractivity contribution in [1.29, 1.82) is 0 Å². The Bertz CT molecular complexity index is 771. The number of hydrogen-bond acceptors (Lipinski definition) is 7. The number of amides is 1. The van der Waals surface area contributed by atoms with Crippen LogP contribution in [0.2, 0.25) is 0 Å². The molecule has 2 rings (SSSR count). The van der Waals surface area contributed by atoms with Gasteiger partial charge in [-0.1, -0.05) is 0 Å². The van der Waals surface area contributed by atoms with E-state index < -0.39 is 15.8 Å². The highest BCUT2D eigenvalue weighted by molar-refractivity contribution is 5.92. The van der Waals surface area contributed by atoms with Crippen LogP contribution in [0.3, 0.4) is 0 Å². The molecule has 11 nitrogen and oxygen atoms in total. The zero-order valence-electron chi connectivity index (χ0n) is 11.6. The second-order valence-electron chi connectivity index (χ2n) is 4.45. The van der Waals surface area contributed by atoms with Gasteiger partial charge in [-0.3, -0.25) is 14.9 Å². The minimum Gasteiger partial charge on any atom is -0.506 e. The Labute approximate surface area is 128 Å². The number of aryl methyl sites for hydroxylation is 1. The Balaban J connectivity index is 1.98. The molecular weight excluding hydrogens is 310 g/mol. The third-order valence-corrected chi connectivity index (χ3v) is 2.85. The van der Waals surface area contributed by atoms with Gasteiger partial charge in [-0.15, -0.1) is 0 Å². The lowest BCUT2D eigenvalue weighted by atomic mass is 10.2. The summed E-state index contributed by atoms with van der Waals surface area (Å²) in [4.78, 5) is 31.6. The number of carbonyl (C=O) groups is 1. The van der Waals surface area contributed by atoms with Crippen LogP contribution in [0.25, 0.3) is 0 Å². The molecule has 11 heteroatoms. The van der Waals surface area contributed by atoms with Crippen LogP contribution >= 0.6 is 0 Å². The monoisotopic (exact) mass is 321 g/mol.